The molecule has 2 rings (SSSR count). The third-order valence-corrected chi connectivity index (χ3v) is 1.58. The van der Waals surface area contributed by atoms with Crippen LogP contribution in [-0.4, -0.2) is 12.2 Å². The third kappa shape index (κ3) is 1.14. The first-order chi connectivity index (χ1) is 5.86. The van der Waals surface area contributed by atoms with Gasteiger partial charge in [-0.15, -0.1) is 0 Å². The maximum Gasteiger partial charge on any atom is 0.197 e. The van der Waals surface area contributed by atoms with Gasteiger partial charge in [0.05, 0.1) is 5.70 Å². The Kier molecular flexibility index (Phi) is 1.51. The lowest BCUT2D eigenvalue weighted by atomic mass is 10.2. The van der Waals surface area contributed by atoms with Crippen molar-refractivity contribution in [1.82, 2.24) is 5.32 Å². The van der Waals surface area contributed by atoms with Crippen LogP contribution < -0.4 is 11.1 Å². The Morgan fingerprint density at radius 2 is 2.33 bits per heavy atom. The van der Waals surface area contributed by atoms with E-state index in [2.05, 4.69) is 15.3 Å². The van der Waals surface area contributed by atoms with Gasteiger partial charge in [0, 0.05) is 24.2 Å². The SMILES string of the molecule is NC1=NC=C2C=CN=CC=C2N1. The number of nitrogens with two attached hydrogens (primary N) is 1. The van der Waals surface area contributed by atoms with Crippen molar-refractivity contribution >= 4 is 12.2 Å². The molecule has 2 heterocycles. The Labute approximate surface area is 69.9 Å². The zero-order chi connectivity index (χ0) is 8.39. The summed E-state index contributed by atoms with van der Waals surface area (Å²) < 4.78 is 0. The molecule has 0 fully saturated rings. The van der Waals surface area contributed by atoms with E-state index in [4.69, 9.17) is 5.73 Å². The lowest BCUT2D eigenvalue weighted by molar-refractivity contribution is 1.08. The molecule has 0 aromatic heterocycles. The number of hydrogen-bond donors (Lipinski definition) is 2. The van der Waals surface area contributed by atoms with Crippen molar-refractivity contribution < 1.29 is 0 Å². The van der Waals surface area contributed by atoms with Crippen molar-refractivity contribution in [3.8, 4) is 0 Å². The summed E-state index contributed by atoms with van der Waals surface area (Å²) in [5, 5.41) is 2.94. The number of rotatable bonds is 0. The fraction of sp³-hybridized carbons (Fsp3) is 0. The highest BCUT2D eigenvalue weighted by Crippen LogP contribution is 2.13. The summed E-state index contributed by atoms with van der Waals surface area (Å²) in [6.45, 7) is 0. The highest BCUT2D eigenvalue weighted by atomic mass is 15.1. The van der Waals surface area contributed by atoms with Gasteiger partial charge in [-0.3, -0.25) is 4.99 Å². The number of guanidine groups is 1. The van der Waals surface area contributed by atoms with Crippen LogP contribution in [0.2, 0.25) is 0 Å². The van der Waals surface area contributed by atoms with E-state index >= 15 is 0 Å². The fourth-order valence-electron chi connectivity index (χ4n) is 1.01. The minimum atomic E-state index is 0.411. The van der Waals surface area contributed by atoms with Gasteiger partial charge in [0.15, 0.2) is 5.96 Å². The van der Waals surface area contributed by atoms with Gasteiger partial charge in [0.1, 0.15) is 0 Å². The van der Waals surface area contributed by atoms with Gasteiger partial charge in [-0.25, -0.2) is 4.99 Å². The van der Waals surface area contributed by atoms with Gasteiger partial charge in [0.2, 0.25) is 0 Å². The summed E-state index contributed by atoms with van der Waals surface area (Å²) in [5.41, 5.74) is 7.40. The largest absolute Gasteiger partial charge is 0.369 e. The number of aliphatic imine (C=N–C) groups is 2. The maximum absolute atomic E-state index is 5.48. The van der Waals surface area contributed by atoms with E-state index in [0.29, 0.717) is 5.96 Å². The van der Waals surface area contributed by atoms with E-state index in [0.717, 1.165) is 11.3 Å². The standard InChI is InChI=1S/C8H8N4/c9-8-11-5-6-1-3-10-4-2-7(6)12-8/h1-5H,(H3,9,11,12). The number of nitrogens with zero attached hydrogens (tertiary/aromatic N) is 2. The van der Waals surface area contributed by atoms with Gasteiger partial charge < -0.3 is 11.1 Å². The minimum Gasteiger partial charge on any atom is -0.369 e. The summed E-state index contributed by atoms with van der Waals surface area (Å²) in [6, 6.07) is 0. The average molecular weight is 160 g/mol. The molecule has 3 N–H and O–H groups in total. The van der Waals surface area contributed by atoms with E-state index < -0.39 is 0 Å². The monoisotopic (exact) mass is 160 g/mol. The molecule has 60 valence electrons. The number of nitrogens with one attached hydrogen (secondary N) is 1. The molecule has 0 aliphatic carbocycles. The Morgan fingerprint density at radius 3 is 3.25 bits per heavy atom. The fourth-order valence-corrected chi connectivity index (χ4v) is 1.01. The molecule has 0 bridgehead atoms. The predicted octanol–water partition coefficient (Wildman–Crippen LogP) is 0.270. The summed E-state index contributed by atoms with van der Waals surface area (Å²) in [6.07, 6.45) is 8.86. The first-order valence-electron chi connectivity index (χ1n) is 3.57. The normalized spacial score (nSPS) is 19.8. The zero-order valence-electron chi connectivity index (χ0n) is 6.36. The van der Waals surface area contributed by atoms with Crippen LogP contribution in [0.1, 0.15) is 0 Å². The maximum atomic E-state index is 5.48. The molecule has 4 heteroatoms. The molecule has 0 atom stereocenters. The van der Waals surface area contributed by atoms with Crippen LogP contribution in [0.4, 0.5) is 0 Å². The van der Waals surface area contributed by atoms with E-state index in [1.165, 1.54) is 0 Å². The van der Waals surface area contributed by atoms with Gasteiger partial charge in [-0.1, -0.05) is 0 Å². The second-order valence-electron chi connectivity index (χ2n) is 2.42. The highest BCUT2D eigenvalue weighted by molar-refractivity contribution is 5.86. The topological polar surface area (TPSA) is 62.8 Å². The molecular weight excluding hydrogens is 152 g/mol. The summed E-state index contributed by atoms with van der Waals surface area (Å²) in [7, 11) is 0. The highest BCUT2D eigenvalue weighted by Gasteiger charge is 2.08. The van der Waals surface area contributed by atoms with Crippen molar-refractivity contribution in [3.05, 3.63) is 35.8 Å². The molecule has 0 saturated carbocycles. The van der Waals surface area contributed by atoms with Gasteiger partial charge in [-0.2, -0.15) is 0 Å². The van der Waals surface area contributed by atoms with Crippen LogP contribution in [0, 0.1) is 0 Å². The summed E-state index contributed by atoms with van der Waals surface area (Å²) in [5.74, 6) is 0.411. The Balaban J connectivity index is 2.43. The third-order valence-electron chi connectivity index (χ3n) is 1.58. The molecule has 0 radical (unpaired) electrons. The number of fused-ring (bicyclic) bond motifs is 1. The van der Waals surface area contributed by atoms with Crippen LogP contribution in [0.25, 0.3) is 0 Å². The second kappa shape index (κ2) is 2.65. The van der Waals surface area contributed by atoms with Crippen LogP contribution in [0.3, 0.4) is 0 Å². The van der Waals surface area contributed by atoms with Crippen LogP contribution in [-0.2, 0) is 0 Å². The lowest BCUT2D eigenvalue weighted by Crippen LogP contribution is -2.33. The Bertz CT molecular complexity index is 344. The van der Waals surface area contributed by atoms with E-state index in [-0.39, 0.29) is 0 Å². The molecule has 0 amide bonds. The number of allylic oxidation sites excluding steroid dienone is 2. The molecule has 0 aromatic carbocycles. The summed E-state index contributed by atoms with van der Waals surface area (Å²) >= 11 is 0. The lowest BCUT2D eigenvalue weighted by Gasteiger charge is -2.13. The molecule has 0 saturated heterocycles. The predicted molar refractivity (Wildman–Crippen MR) is 48.6 cm³/mol. The van der Waals surface area contributed by atoms with Crippen LogP contribution >= 0.6 is 0 Å². The second-order valence-corrected chi connectivity index (χ2v) is 2.42. The van der Waals surface area contributed by atoms with Gasteiger partial charge >= 0.3 is 0 Å². The van der Waals surface area contributed by atoms with Gasteiger partial charge in [0.25, 0.3) is 0 Å². The van der Waals surface area contributed by atoms with Crippen molar-refractivity contribution in [2.75, 3.05) is 0 Å². The molecule has 0 spiro atoms. The molecule has 2 aliphatic heterocycles. The molecule has 2 aliphatic rings. The first-order valence-corrected chi connectivity index (χ1v) is 3.57. The number of hydrogen-bond acceptors (Lipinski definition) is 4. The van der Waals surface area contributed by atoms with E-state index in [1.54, 1.807) is 18.6 Å². The van der Waals surface area contributed by atoms with Crippen LogP contribution in [0.5, 0.6) is 0 Å². The Hall–Kier alpha value is -1.84. The smallest absolute Gasteiger partial charge is 0.197 e. The van der Waals surface area contributed by atoms with Crippen molar-refractivity contribution in [2.45, 2.75) is 0 Å². The first kappa shape index (κ1) is 6.84. The molecule has 0 unspecified atom stereocenters. The molecule has 0 aromatic rings. The van der Waals surface area contributed by atoms with Crippen LogP contribution in [0.15, 0.2) is 45.8 Å². The zero-order valence-corrected chi connectivity index (χ0v) is 6.36. The van der Waals surface area contributed by atoms with Gasteiger partial charge in [-0.05, 0) is 12.2 Å². The van der Waals surface area contributed by atoms with Crippen molar-refractivity contribution in [3.63, 3.8) is 0 Å². The van der Waals surface area contributed by atoms with Crippen molar-refractivity contribution in [1.29, 1.82) is 0 Å². The Morgan fingerprint density at radius 1 is 1.42 bits per heavy atom. The quantitative estimate of drug-likeness (QED) is 0.534. The molecular formula is C8H8N4. The minimum absolute atomic E-state index is 0.411. The molecule has 4 nitrogen and oxygen atoms in total. The van der Waals surface area contributed by atoms with E-state index in [9.17, 15) is 0 Å². The van der Waals surface area contributed by atoms with Crippen molar-refractivity contribution in [2.24, 2.45) is 15.7 Å². The summed E-state index contributed by atoms with van der Waals surface area (Å²) in [4.78, 5) is 7.90. The molecule has 12 heavy (non-hydrogen) atoms. The average Bonchev–Trinajstić information content (AvgIpc) is 2.28. The van der Waals surface area contributed by atoms with E-state index in [1.807, 2.05) is 12.2 Å².